The minimum Gasteiger partial charge on any atom is -0.492 e. The van der Waals surface area contributed by atoms with E-state index in [0.717, 1.165) is 11.3 Å². The van der Waals surface area contributed by atoms with E-state index in [9.17, 15) is 9.59 Å². The van der Waals surface area contributed by atoms with Gasteiger partial charge in [0, 0.05) is 19.8 Å². The van der Waals surface area contributed by atoms with Crippen LogP contribution < -0.4 is 15.4 Å². The van der Waals surface area contributed by atoms with E-state index in [4.69, 9.17) is 14.6 Å². The smallest absolute Gasteiger partial charge is 0.335 e. The Bertz CT molecular complexity index is 832. The molecule has 1 aliphatic heterocycles. The number of aromatic carboxylic acids is 1. The zero-order valence-corrected chi connectivity index (χ0v) is 17.1. The summed E-state index contributed by atoms with van der Waals surface area (Å²) in [5.74, 6) is -0.259. The van der Waals surface area contributed by atoms with Crippen LogP contribution in [0, 0.1) is 0 Å². The van der Waals surface area contributed by atoms with Crippen LogP contribution in [-0.2, 0) is 9.53 Å². The molecule has 0 aliphatic carbocycles. The molecular weight excluding hydrogens is 384 g/mol. The summed E-state index contributed by atoms with van der Waals surface area (Å²) in [5, 5.41) is 15.5. The predicted molar refractivity (Wildman–Crippen MR) is 113 cm³/mol. The van der Waals surface area contributed by atoms with Crippen molar-refractivity contribution in [2.75, 3.05) is 26.4 Å². The Morgan fingerprint density at radius 1 is 1.10 bits per heavy atom. The molecule has 3 rings (SSSR count). The summed E-state index contributed by atoms with van der Waals surface area (Å²) in [6.45, 7) is 3.90. The van der Waals surface area contributed by atoms with E-state index in [1.807, 2.05) is 37.3 Å². The molecule has 2 aromatic rings. The lowest BCUT2D eigenvalue weighted by molar-refractivity contribution is -0.132. The topological polar surface area (TPSA) is 96.9 Å². The number of carbonyl (C=O) groups is 2. The summed E-state index contributed by atoms with van der Waals surface area (Å²) in [4.78, 5) is 24.2. The zero-order chi connectivity index (χ0) is 21.4. The van der Waals surface area contributed by atoms with Crippen LogP contribution in [0.2, 0.25) is 0 Å². The van der Waals surface area contributed by atoms with Gasteiger partial charge in [-0.2, -0.15) is 0 Å². The number of benzene rings is 2. The molecule has 3 N–H and O–H groups in total. The van der Waals surface area contributed by atoms with Gasteiger partial charge in [-0.25, -0.2) is 4.79 Å². The number of carboxylic acids is 1. The molecule has 1 atom stereocenters. The Kier molecular flexibility index (Phi) is 7.43. The molecule has 1 fully saturated rings. The highest BCUT2D eigenvalue weighted by atomic mass is 16.5. The largest absolute Gasteiger partial charge is 0.492 e. The summed E-state index contributed by atoms with van der Waals surface area (Å²) >= 11 is 0. The highest BCUT2D eigenvalue weighted by Crippen LogP contribution is 2.23. The molecule has 0 bridgehead atoms. The van der Waals surface area contributed by atoms with Crippen molar-refractivity contribution in [2.24, 2.45) is 0 Å². The number of amides is 1. The molecular formula is C23H28N2O5. The minimum atomic E-state index is -0.971. The number of carbonyl (C=O) groups excluding carboxylic acids is 1. The van der Waals surface area contributed by atoms with E-state index in [-0.39, 0.29) is 17.5 Å². The molecule has 1 amide bonds. The van der Waals surface area contributed by atoms with Gasteiger partial charge in [0.05, 0.1) is 11.6 Å². The van der Waals surface area contributed by atoms with Gasteiger partial charge in [-0.15, -0.1) is 0 Å². The maximum atomic E-state index is 13.2. The molecule has 30 heavy (non-hydrogen) atoms. The summed E-state index contributed by atoms with van der Waals surface area (Å²) in [6, 6.07) is 15.9. The van der Waals surface area contributed by atoms with E-state index in [0.29, 0.717) is 39.2 Å². The second-order valence-electron chi connectivity index (χ2n) is 7.41. The van der Waals surface area contributed by atoms with E-state index in [1.54, 1.807) is 24.3 Å². The Balaban J connectivity index is 1.59. The lowest BCUT2D eigenvalue weighted by Gasteiger charge is -2.37. The fourth-order valence-electron chi connectivity index (χ4n) is 3.51. The van der Waals surface area contributed by atoms with E-state index in [1.165, 1.54) is 0 Å². The third-order valence-electron chi connectivity index (χ3n) is 5.36. The lowest BCUT2D eigenvalue weighted by Crippen LogP contribution is -2.60. The first-order chi connectivity index (χ1) is 14.5. The number of carboxylic acid groups (broad SMARTS) is 1. The SMILES string of the molecule is C[C@H](NC(=O)C1(NCCOc2ccccc2)CCOCC1)c1ccc(C(=O)O)cc1. The Labute approximate surface area is 176 Å². The highest BCUT2D eigenvalue weighted by Gasteiger charge is 2.40. The quantitative estimate of drug-likeness (QED) is 0.548. The summed E-state index contributed by atoms with van der Waals surface area (Å²) in [5.41, 5.74) is 0.356. The van der Waals surface area contributed by atoms with Crippen LogP contribution in [0.5, 0.6) is 5.75 Å². The predicted octanol–water partition coefficient (Wildman–Crippen LogP) is 2.78. The van der Waals surface area contributed by atoms with Crippen molar-refractivity contribution in [2.45, 2.75) is 31.3 Å². The molecule has 0 spiro atoms. The zero-order valence-electron chi connectivity index (χ0n) is 17.1. The van der Waals surface area contributed by atoms with Gasteiger partial charge >= 0.3 is 5.97 Å². The van der Waals surface area contributed by atoms with Crippen molar-refractivity contribution in [3.63, 3.8) is 0 Å². The van der Waals surface area contributed by atoms with Gasteiger partial charge < -0.3 is 19.9 Å². The van der Waals surface area contributed by atoms with Crippen LogP contribution >= 0.6 is 0 Å². The van der Waals surface area contributed by atoms with Gasteiger partial charge in [0.2, 0.25) is 5.91 Å². The van der Waals surface area contributed by atoms with Crippen LogP contribution in [0.1, 0.15) is 41.7 Å². The third kappa shape index (κ3) is 5.58. The first kappa shape index (κ1) is 21.8. The Morgan fingerprint density at radius 3 is 2.40 bits per heavy atom. The molecule has 7 heteroatoms. The molecule has 0 radical (unpaired) electrons. The summed E-state index contributed by atoms with van der Waals surface area (Å²) < 4.78 is 11.2. The van der Waals surface area contributed by atoms with Gasteiger partial charge in [0.25, 0.3) is 0 Å². The van der Waals surface area contributed by atoms with Gasteiger partial charge in [0.15, 0.2) is 0 Å². The number of ether oxygens (including phenoxy) is 2. The molecule has 2 aromatic carbocycles. The van der Waals surface area contributed by atoms with Gasteiger partial charge in [-0.05, 0) is 49.6 Å². The van der Waals surface area contributed by atoms with Crippen molar-refractivity contribution in [3.8, 4) is 5.75 Å². The molecule has 7 nitrogen and oxygen atoms in total. The maximum Gasteiger partial charge on any atom is 0.335 e. The summed E-state index contributed by atoms with van der Waals surface area (Å²) in [6.07, 6.45) is 1.16. The van der Waals surface area contributed by atoms with Crippen molar-refractivity contribution in [1.82, 2.24) is 10.6 Å². The van der Waals surface area contributed by atoms with Gasteiger partial charge in [-0.3, -0.25) is 10.1 Å². The number of rotatable bonds is 9. The van der Waals surface area contributed by atoms with Crippen molar-refractivity contribution in [3.05, 3.63) is 65.7 Å². The van der Waals surface area contributed by atoms with Crippen LogP contribution in [0.25, 0.3) is 0 Å². The number of para-hydroxylation sites is 1. The minimum absolute atomic E-state index is 0.0830. The molecule has 1 saturated heterocycles. The van der Waals surface area contributed by atoms with Gasteiger partial charge in [-0.1, -0.05) is 30.3 Å². The second kappa shape index (κ2) is 10.2. The summed E-state index contributed by atoms with van der Waals surface area (Å²) in [7, 11) is 0. The van der Waals surface area contributed by atoms with Crippen molar-refractivity contribution < 1.29 is 24.2 Å². The first-order valence-electron chi connectivity index (χ1n) is 10.1. The van der Waals surface area contributed by atoms with Crippen molar-refractivity contribution in [1.29, 1.82) is 0 Å². The van der Waals surface area contributed by atoms with Gasteiger partial charge in [0.1, 0.15) is 17.9 Å². The van der Waals surface area contributed by atoms with Crippen LogP contribution in [0.3, 0.4) is 0 Å². The van der Waals surface area contributed by atoms with E-state index < -0.39 is 11.5 Å². The Morgan fingerprint density at radius 2 is 1.77 bits per heavy atom. The number of hydrogen-bond donors (Lipinski definition) is 3. The number of hydrogen-bond acceptors (Lipinski definition) is 5. The van der Waals surface area contributed by atoms with E-state index in [2.05, 4.69) is 10.6 Å². The molecule has 0 aromatic heterocycles. The van der Waals surface area contributed by atoms with Crippen LogP contribution in [-0.4, -0.2) is 48.9 Å². The lowest BCUT2D eigenvalue weighted by atomic mass is 9.88. The molecule has 1 heterocycles. The third-order valence-corrected chi connectivity index (χ3v) is 5.36. The number of nitrogens with one attached hydrogen (secondary N) is 2. The molecule has 1 aliphatic rings. The standard InChI is InChI=1S/C23H28N2O5/c1-17(18-7-9-19(10-8-18)21(26)27)25-22(28)23(11-14-29-15-12-23)24-13-16-30-20-5-3-2-4-6-20/h2-10,17,24H,11-16H2,1H3,(H,25,28)(H,26,27)/t17-/m0/s1. The maximum absolute atomic E-state index is 13.2. The fourth-order valence-corrected chi connectivity index (χ4v) is 3.51. The normalized spacial score (nSPS) is 16.4. The monoisotopic (exact) mass is 412 g/mol. The highest BCUT2D eigenvalue weighted by molar-refractivity contribution is 5.88. The average molecular weight is 412 g/mol. The fraction of sp³-hybridized carbons (Fsp3) is 0.391. The van der Waals surface area contributed by atoms with Crippen LogP contribution in [0.4, 0.5) is 0 Å². The average Bonchev–Trinajstić information content (AvgIpc) is 2.78. The van der Waals surface area contributed by atoms with Crippen LogP contribution in [0.15, 0.2) is 54.6 Å². The first-order valence-corrected chi connectivity index (χ1v) is 10.1. The second-order valence-corrected chi connectivity index (χ2v) is 7.41. The molecule has 160 valence electrons. The molecule has 0 saturated carbocycles. The molecule has 0 unspecified atom stereocenters. The van der Waals surface area contributed by atoms with Crippen molar-refractivity contribution >= 4 is 11.9 Å². The van der Waals surface area contributed by atoms with E-state index >= 15 is 0 Å². The Hall–Kier alpha value is -2.90.